The maximum absolute atomic E-state index is 11.2. The van der Waals surface area contributed by atoms with E-state index in [4.69, 9.17) is 5.73 Å². The maximum atomic E-state index is 11.2. The molecular formula is C11H18ClN3O. The van der Waals surface area contributed by atoms with E-state index in [0.717, 1.165) is 11.3 Å². The van der Waals surface area contributed by atoms with Crippen LogP contribution in [0, 0.1) is 6.92 Å². The molecule has 1 aromatic rings. The van der Waals surface area contributed by atoms with Crippen LogP contribution in [0.4, 0.5) is 5.82 Å². The molecule has 0 aliphatic rings. The largest absolute Gasteiger partial charge is 0.324 e. The van der Waals surface area contributed by atoms with Crippen LogP contribution in [0.5, 0.6) is 0 Å². The zero-order valence-electron chi connectivity index (χ0n) is 9.78. The number of nitrogens with zero attached hydrogens (tertiary/aromatic N) is 1. The SMILES string of the molecule is CCC(=O)Nc1cc(C(C)N)cc(C)n1.Cl. The fourth-order valence-electron chi connectivity index (χ4n) is 1.25. The number of nitrogens with two attached hydrogens (primary N) is 1. The molecule has 1 atom stereocenters. The molecule has 1 amide bonds. The molecule has 1 aromatic heterocycles. The van der Waals surface area contributed by atoms with Crippen molar-refractivity contribution >= 4 is 24.1 Å². The van der Waals surface area contributed by atoms with E-state index in [9.17, 15) is 4.79 Å². The summed E-state index contributed by atoms with van der Waals surface area (Å²) in [6.07, 6.45) is 0.448. The minimum Gasteiger partial charge on any atom is -0.324 e. The van der Waals surface area contributed by atoms with Crippen molar-refractivity contribution < 1.29 is 4.79 Å². The average Bonchev–Trinajstić information content (AvgIpc) is 2.16. The number of hydrogen-bond acceptors (Lipinski definition) is 3. The molecule has 0 radical (unpaired) electrons. The van der Waals surface area contributed by atoms with Gasteiger partial charge in [0.1, 0.15) is 5.82 Å². The highest BCUT2D eigenvalue weighted by Crippen LogP contribution is 2.15. The van der Waals surface area contributed by atoms with Crippen molar-refractivity contribution in [3.05, 3.63) is 23.4 Å². The summed E-state index contributed by atoms with van der Waals surface area (Å²) in [7, 11) is 0. The van der Waals surface area contributed by atoms with Crippen LogP contribution in [0.25, 0.3) is 0 Å². The smallest absolute Gasteiger partial charge is 0.225 e. The van der Waals surface area contributed by atoms with Gasteiger partial charge in [-0.15, -0.1) is 12.4 Å². The lowest BCUT2D eigenvalue weighted by Crippen LogP contribution is -2.13. The monoisotopic (exact) mass is 243 g/mol. The molecule has 90 valence electrons. The summed E-state index contributed by atoms with van der Waals surface area (Å²) in [5.74, 6) is 0.540. The van der Waals surface area contributed by atoms with Gasteiger partial charge in [0, 0.05) is 18.2 Å². The van der Waals surface area contributed by atoms with E-state index in [1.807, 2.05) is 26.0 Å². The number of halogens is 1. The first-order valence-electron chi connectivity index (χ1n) is 5.07. The van der Waals surface area contributed by atoms with Crippen LogP contribution in [-0.2, 0) is 4.79 Å². The molecule has 3 N–H and O–H groups in total. The molecule has 0 fully saturated rings. The first-order chi connectivity index (χ1) is 7.02. The van der Waals surface area contributed by atoms with Crippen molar-refractivity contribution in [2.24, 2.45) is 5.73 Å². The number of rotatable bonds is 3. The highest BCUT2D eigenvalue weighted by atomic mass is 35.5. The summed E-state index contributed by atoms with van der Waals surface area (Å²) in [4.78, 5) is 15.4. The van der Waals surface area contributed by atoms with Crippen molar-refractivity contribution in [3.63, 3.8) is 0 Å². The van der Waals surface area contributed by atoms with Crippen LogP contribution in [-0.4, -0.2) is 10.9 Å². The quantitative estimate of drug-likeness (QED) is 0.855. The summed E-state index contributed by atoms with van der Waals surface area (Å²) in [5, 5.41) is 2.72. The van der Waals surface area contributed by atoms with Crippen LogP contribution >= 0.6 is 12.4 Å². The van der Waals surface area contributed by atoms with Gasteiger partial charge in [0.05, 0.1) is 0 Å². The summed E-state index contributed by atoms with van der Waals surface area (Å²) in [6, 6.07) is 3.68. The molecule has 1 heterocycles. The van der Waals surface area contributed by atoms with Crippen LogP contribution in [0.3, 0.4) is 0 Å². The van der Waals surface area contributed by atoms with E-state index in [0.29, 0.717) is 12.2 Å². The number of carbonyl (C=O) groups is 1. The second kappa shape index (κ2) is 6.45. The standard InChI is InChI=1S/C11H17N3O.ClH/c1-4-11(15)14-10-6-9(8(3)12)5-7(2)13-10;/h5-6,8H,4,12H2,1-3H3,(H,13,14,15);1H. The van der Waals surface area contributed by atoms with E-state index in [1.54, 1.807) is 6.92 Å². The van der Waals surface area contributed by atoms with Crippen LogP contribution < -0.4 is 11.1 Å². The molecule has 1 rings (SSSR count). The zero-order valence-corrected chi connectivity index (χ0v) is 10.6. The Morgan fingerprint density at radius 1 is 1.56 bits per heavy atom. The van der Waals surface area contributed by atoms with E-state index >= 15 is 0 Å². The fourth-order valence-corrected chi connectivity index (χ4v) is 1.25. The van der Waals surface area contributed by atoms with E-state index in [1.165, 1.54) is 0 Å². The number of anilines is 1. The molecule has 0 bridgehead atoms. The van der Waals surface area contributed by atoms with Gasteiger partial charge in [-0.3, -0.25) is 4.79 Å². The molecule has 0 aliphatic heterocycles. The second-order valence-corrected chi connectivity index (χ2v) is 3.62. The predicted octanol–water partition coefficient (Wildman–Crippen LogP) is 2.18. The summed E-state index contributed by atoms with van der Waals surface area (Å²) >= 11 is 0. The van der Waals surface area contributed by atoms with Gasteiger partial charge in [-0.2, -0.15) is 0 Å². The van der Waals surface area contributed by atoms with Gasteiger partial charge in [0.15, 0.2) is 0 Å². The fraction of sp³-hybridized carbons (Fsp3) is 0.455. The van der Waals surface area contributed by atoms with Gasteiger partial charge in [0.25, 0.3) is 0 Å². The normalized spacial score (nSPS) is 11.5. The first-order valence-corrected chi connectivity index (χ1v) is 5.07. The van der Waals surface area contributed by atoms with Crippen molar-refractivity contribution in [3.8, 4) is 0 Å². The van der Waals surface area contributed by atoms with Crippen molar-refractivity contribution in [2.45, 2.75) is 33.2 Å². The minimum atomic E-state index is -0.0519. The Morgan fingerprint density at radius 3 is 2.69 bits per heavy atom. The maximum Gasteiger partial charge on any atom is 0.225 e. The highest BCUT2D eigenvalue weighted by molar-refractivity contribution is 5.89. The molecule has 0 aromatic carbocycles. The lowest BCUT2D eigenvalue weighted by molar-refractivity contribution is -0.115. The topological polar surface area (TPSA) is 68.0 Å². The third kappa shape index (κ3) is 4.16. The van der Waals surface area contributed by atoms with Crippen molar-refractivity contribution in [2.75, 3.05) is 5.32 Å². The van der Waals surface area contributed by atoms with Gasteiger partial charge in [0.2, 0.25) is 5.91 Å². The van der Waals surface area contributed by atoms with E-state index in [2.05, 4.69) is 10.3 Å². The Bertz CT molecular complexity index is 366. The summed E-state index contributed by atoms with van der Waals surface area (Å²) in [6.45, 7) is 5.59. The molecular weight excluding hydrogens is 226 g/mol. The predicted molar refractivity (Wildman–Crippen MR) is 67.7 cm³/mol. The Labute approximate surface area is 102 Å². The third-order valence-electron chi connectivity index (χ3n) is 2.09. The number of nitrogens with one attached hydrogen (secondary N) is 1. The zero-order chi connectivity index (χ0) is 11.4. The van der Waals surface area contributed by atoms with E-state index < -0.39 is 0 Å². The highest BCUT2D eigenvalue weighted by Gasteiger charge is 2.05. The molecule has 5 heteroatoms. The molecule has 0 saturated carbocycles. The Kier molecular flexibility index (Phi) is 6.00. The number of amides is 1. The molecule has 1 unspecified atom stereocenters. The molecule has 0 spiro atoms. The summed E-state index contributed by atoms with van der Waals surface area (Å²) < 4.78 is 0. The Hall–Kier alpha value is -1.13. The molecule has 4 nitrogen and oxygen atoms in total. The van der Waals surface area contributed by atoms with Crippen molar-refractivity contribution in [1.29, 1.82) is 0 Å². The molecule has 0 aliphatic carbocycles. The summed E-state index contributed by atoms with van der Waals surface area (Å²) in [5.41, 5.74) is 7.61. The van der Waals surface area contributed by atoms with E-state index in [-0.39, 0.29) is 24.4 Å². The Morgan fingerprint density at radius 2 is 2.19 bits per heavy atom. The molecule has 16 heavy (non-hydrogen) atoms. The lowest BCUT2D eigenvalue weighted by Gasteiger charge is -2.10. The third-order valence-corrected chi connectivity index (χ3v) is 2.09. The first kappa shape index (κ1) is 14.9. The van der Waals surface area contributed by atoms with Gasteiger partial charge >= 0.3 is 0 Å². The van der Waals surface area contributed by atoms with Crippen LogP contribution in [0.2, 0.25) is 0 Å². The van der Waals surface area contributed by atoms with Gasteiger partial charge in [-0.05, 0) is 31.5 Å². The van der Waals surface area contributed by atoms with Crippen LogP contribution in [0.15, 0.2) is 12.1 Å². The number of aryl methyl sites for hydroxylation is 1. The van der Waals surface area contributed by atoms with Gasteiger partial charge in [-0.1, -0.05) is 6.92 Å². The number of pyridine rings is 1. The number of hydrogen-bond donors (Lipinski definition) is 2. The minimum absolute atomic E-state index is 0. The lowest BCUT2D eigenvalue weighted by atomic mass is 10.1. The average molecular weight is 244 g/mol. The second-order valence-electron chi connectivity index (χ2n) is 3.62. The number of aromatic nitrogens is 1. The van der Waals surface area contributed by atoms with Gasteiger partial charge < -0.3 is 11.1 Å². The Balaban J connectivity index is 0.00000225. The number of carbonyl (C=O) groups excluding carboxylic acids is 1. The van der Waals surface area contributed by atoms with Crippen LogP contribution in [0.1, 0.15) is 37.6 Å². The van der Waals surface area contributed by atoms with Gasteiger partial charge in [-0.25, -0.2) is 4.98 Å². The molecule has 0 saturated heterocycles. The van der Waals surface area contributed by atoms with Crippen molar-refractivity contribution in [1.82, 2.24) is 4.98 Å².